The van der Waals surface area contributed by atoms with E-state index in [2.05, 4.69) is 15.6 Å². The van der Waals surface area contributed by atoms with Gasteiger partial charge in [0.1, 0.15) is 5.25 Å². The third kappa shape index (κ3) is 3.60. The van der Waals surface area contributed by atoms with Gasteiger partial charge in [0.2, 0.25) is 11.8 Å². The highest BCUT2D eigenvalue weighted by atomic mass is 32.2. The van der Waals surface area contributed by atoms with Crippen LogP contribution < -0.4 is 10.6 Å². The number of hydrogen-bond acceptors (Lipinski definition) is 4. The van der Waals surface area contributed by atoms with Crippen molar-refractivity contribution in [1.82, 2.24) is 5.32 Å². The largest absolute Gasteiger partial charge is 0.326 e. The Labute approximate surface area is 122 Å². The van der Waals surface area contributed by atoms with Gasteiger partial charge >= 0.3 is 0 Å². The normalized spacial score (nSPS) is 20.0. The second-order valence-corrected chi connectivity index (χ2v) is 5.63. The van der Waals surface area contributed by atoms with Crippen molar-refractivity contribution >= 4 is 34.4 Å². The Balaban J connectivity index is 1.94. The Morgan fingerprint density at radius 3 is 2.90 bits per heavy atom. The summed E-state index contributed by atoms with van der Waals surface area (Å²) in [5, 5.41) is 5.72. The van der Waals surface area contributed by atoms with Gasteiger partial charge in [0, 0.05) is 18.7 Å². The zero-order valence-electron chi connectivity index (χ0n) is 11.5. The van der Waals surface area contributed by atoms with E-state index in [0.717, 1.165) is 11.3 Å². The fourth-order valence-corrected chi connectivity index (χ4v) is 2.87. The molecule has 0 bridgehead atoms. The molecule has 0 aliphatic carbocycles. The lowest BCUT2D eigenvalue weighted by Crippen LogP contribution is -2.28. The molecule has 1 atom stereocenters. The van der Waals surface area contributed by atoms with Gasteiger partial charge in [0.05, 0.1) is 0 Å². The Morgan fingerprint density at radius 2 is 2.20 bits per heavy atom. The Kier molecular flexibility index (Phi) is 4.79. The molecule has 0 saturated carbocycles. The molecule has 2 amide bonds. The van der Waals surface area contributed by atoms with Crippen LogP contribution in [0.1, 0.15) is 18.9 Å². The number of amidine groups is 1. The number of rotatable bonds is 4. The summed E-state index contributed by atoms with van der Waals surface area (Å²) in [6.45, 7) is 4.45. The molecule has 1 aliphatic heterocycles. The van der Waals surface area contributed by atoms with Crippen LogP contribution in [0.15, 0.2) is 29.3 Å². The van der Waals surface area contributed by atoms with E-state index >= 15 is 0 Å². The summed E-state index contributed by atoms with van der Waals surface area (Å²) in [4.78, 5) is 27.9. The SMILES string of the molecule is CCN=C1NC(=O)[C@@H](CC(=O)Nc2ccccc2C)S1. The van der Waals surface area contributed by atoms with E-state index in [1.54, 1.807) is 0 Å². The van der Waals surface area contributed by atoms with E-state index in [-0.39, 0.29) is 18.2 Å². The first-order chi connectivity index (χ1) is 9.60. The molecule has 1 saturated heterocycles. The van der Waals surface area contributed by atoms with Crippen LogP contribution in [0, 0.1) is 6.92 Å². The number of aryl methyl sites for hydroxylation is 1. The minimum atomic E-state index is -0.399. The van der Waals surface area contributed by atoms with E-state index in [4.69, 9.17) is 0 Å². The van der Waals surface area contributed by atoms with E-state index in [0.29, 0.717) is 11.7 Å². The molecule has 2 rings (SSSR count). The second-order valence-electron chi connectivity index (χ2n) is 4.44. The van der Waals surface area contributed by atoms with Crippen LogP contribution in [0.2, 0.25) is 0 Å². The van der Waals surface area contributed by atoms with Crippen LogP contribution in [0.25, 0.3) is 0 Å². The molecule has 5 nitrogen and oxygen atoms in total. The third-order valence-electron chi connectivity index (χ3n) is 2.87. The van der Waals surface area contributed by atoms with Gasteiger partial charge in [0.25, 0.3) is 0 Å². The van der Waals surface area contributed by atoms with Crippen LogP contribution in [0.4, 0.5) is 5.69 Å². The van der Waals surface area contributed by atoms with Crippen molar-refractivity contribution in [2.24, 2.45) is 4.99 Å². The molecule has 1 aromatic rings. The average Bonchev–Trinajstić information content (AvgIpc) is 2.73. The minimum absolute atomic E-state index is 0.146. The average molecular weight is 291 g/mol. The third-order valence-corrected chi connectivity index (χ3v) is 3.99. The number of aliphatic imine (C=N–C) groups is 1. The molecule has 2 N–H and O–H groups in total. The van der Waals surface area contributed by atoms with Gasteiger partial charge in [0.15, 0.2) is 5.17 Å². The molecule has 0 spiro atoms. The molecule has 6 heteroatoms. The zero-order chi connectivity index (χ0) is 14.5. The monoisotopic (exact) mass is 291 g/mol. The predicted octanol–water partition coefficient (Wildman–Crippen LogP) is 1.93. The molecule has 0 unspecified atom stereocenters. The highest BCUT2D eigenvalue weighted by Crippen LogP contribution is 2.23. The maximum absolute atomic E-state index is 12.0. The highest BCUT2D eigenvalue weighted by molar-refractivity contribution is 8.15. The summed E-state index contributed by atoms with van der Waals surface area (Å²) >= 11 is 1.31. The van der Waals surface area contributed by atoms with E-state index in [1.807, 2.05) is 38.1 Å². The first-order valence-corrected chi connectivity index (χ1v) is 7.35. The number of amides is 2. The molecule has 0 aromatic heterocycles. The van der Waals surface area contributed by atoms with Crippen LogP contribution >= 0.6 is 11.8 Å². The summed E-state index contributed by atoms with van der Waals surface area (Å²) in [5.74, 6) is -0.313. The quantitative estimate of drug-likeness (QED) is 0.890. The van der Waals surface area contributed by atoms with Gasteiger partial charge in [-0.15, -0.1) is 0 Å². The standard InChI is InChI=1S/C14H17N3O2S/c1-3-15-14-17-13(19)11(20-14)8-12(18)16-10-7-5-4-6-9(10)2/h4-7,11H,3,8H2,1-2H3,(H,16,18)(H,15,17,19)/t11-/m1/s1. The lowest BCUT2D eigenvalue weighted by Gasteiger charge is -2.09. The van der Waals surface area contributed by atoms with Gasteiger partial charge in [-0.3, -0.25) is 14.6 Å². The summed E-state index contributed by atoms with van der Waals surface area (Å²) in [6, 6.07) is 7.56. The van der Waals surface area contributed by atoms with Crippen molar-refractivity contribution < 1.29 is 9.59 Å². The van der Waals surface area contributed by atoms with E-state index in [1.165, 1.54) is 11.8 Å². The molecule has 1 aliphatic rings. The number of para-hydroxylation sites is 1. The molecular weight excluding hydrogens is 274 g/mol. The summed E-state index contributed by atoms with van der Waals surface area (Å²) in [6.07, 6.45) is 0.146. The number of carbonyl (C=O) groups excluding carboxylic acids is 2. The summed E-state index contributed by atoms with van der Waals surface area (Å²) < 4.78 is 0. The number of carbonyl (C=O) groups is 2. The summed E-state index contributed by atoms with van der Waals surface area (Å²) in [7, 11) is 0. The number of hydrogen-bond donors (Lipinski definition) is 2. The number of benzene rings is 1. The summed E-state index contributed by atoms with van der Waals surface area (Å²) in [5.41, 5.74) is 1.78. The van der Waals surface area contributed by atoms with Crippen LogP contribution in [-0.4, -0.2) is 28.8 Å². The number of nitrogens with zero attached hydrogens (tertiary/aromatic N) is 1. The van der Waals surface area contributed by atoms with Gasteiger partial charge in [-0.05, 0) is 25.5 Å². The van der Waals surface area contributed by atoms with E-state index in [9.17, 15) is 9.59 Å². The lowest BCUT2D eigenvalue weighted by atomic mass is 10.2. The number of thioether (sulfide) groups is 1. The van der Waals surface area contributed by atoms with Crippen molar-refractivity contribution in [1.29, 1.82) is 0 Å². The molecule has 20 heavy (non-hydrogen) atoms. The first kappa shape index (κ1) is 14.6. The maximum atomic E-state index is 12.0. The first-order valence-electron chi connectivity index (χ1n) is 6.47. The molecule has 1 fully saturated rings. The van der Waals surface area contributed by atoms with Gasteiger partial charge in [-0.2, -0.15) is 0 Å². The van der Waals surface area contributed by atoms with Crippen molar-refractivity contribution in [2.75, 3.05) is 11.9 Å². The smallest absolute Gasteiger partial charge is 0.240 e. The number of nitrogens with one attached hydrogen (secondary N) is 2. The predicted molar refractivity (Wildman–Crippen MR) is 81.9 cm³/mol. The topological polar surface area (TPSA) is 70.6 Å². The molecule has 1 heterocycles. The van der Waals surface area contributed by atoms with Crippen LogP contribution in [0.3, 0.4) is 0 Å². The van der Waals surface area contributed by atoms with Crippen molar-refractivity contribution in [2.45, 2.75) is 25.5 Å². The fourth-order valence-electron chi connectivity index (χ4n) is 1.84. The Morgan fingerprint density at radius 1 is 1.45 bits per heavy atom. The van der Waals surface area contributed by atoms with Gasteiger partial charge < -0.3 is 10.6 Å². The highest BCUT2D eigenvalue weighted by Gasteiger charge is 2.31. The van der Waals surface area contributed by atoms with Crippen LogP contribution in [0.5, 0.6) is 0 Å². The minimum Gasteiger partial charge on any atom is -0.326 e. The van der Waals surface area contributed by atoms with E-state index < -0.39 is 5.25 Å². The lowest BCUT2D eigenvalue weighted by molar-refractivity contribution is -0.122. The second kappa shape index (κ2) is 6.56. The van der Waals surface area contributed by atoms with Gasteiger partial charge in [-0.1, -0.05) is 30.0 Å². The van der Waals surface area contributed by atoms with Crippen LogP contribution in [-0.2, 0) is 9.59 Å². The van der Waals surface area contributed by atoms with Crippen molar-refractivity contribution in [3.63, 3.8) is 0 Å². The Hall–Kier alpha value is -1.82. The maximum Gasteiger partial charge on any atom is 0.240 e. The number of anilines is 1. The van der Waals surface area contributed by atoms with Crippen molar-refractivity contribution in [3.05, 3.63) is 29.8 Å². The fraction of sp³-hybridized carbons (Fsp3) is 0.357. The molecule has 106 valence electrons. The zero-order valence-corrected chi connectivity index (χ0v) is 12.3. The molecule has 0 radical (unpaired) electrons. The van der Waals surface area contributed by atoms with Gasteiger partial charge in [-0.25, -0.2) is 0 Å². The molecular formula is C14H17N3O2S. The Bertz CT molecular complexity index is 557. The molecule has 1 aromatic carbocycles. The van der Waals surface area contributed by atoms with Crippen molar-refractivity contribution in [3.8, 4) is 0 Å².